The molecule has 1 unspecified atom stereocenters. The van der Waals surface area contributed by atoms with Gasteiger partial charge in [-0.2, -0.15) is 5.10 Å². The Hall–Kier alpha value is -2.86. The summed E-state index contributed by atoms with van der Waals surface area (Å²) in [5.74, 6) is 0.741. The number of hydrogen-bond acceptors (Lipinski definition) is 4. The lowest BCUT2D eigenvalue weighted by Crippen LogP contribution is -2.40. The summed E-state index contributed by atoms with van der Waals surface area (Å²) >= 11 is 0. The maximum atomic E-state index is 12.6. The number of carbonyl (C=O) groups is 1. The van der Waals surface area contributed by atoms with E-state index in [1.54, 1.807) is 12.3 Å². The number of likely N-dealkylation sites (tertiary alicyclic amines) is 1. The zero-order chi connectivity index (χ0) is 18.5. The maximum absolute atomic E-state index is 12.6. The summed E-state index contributed by atoms with van der Waals surface area (Å²) in [6, 6.07) is 15.5. The molecule has 3 aromatic rings. The molecule has 0 saturated carbocycles. The molecule has 0 bridgehead atoms. The van der Waals surface area contributed by atoms with Crippen LogP contribution in [0.5, 0.6) is 0 Å². The number of amides is 1. The van der Waals surface area contributed by atoms with E-state index in [0.717, 1.165) is 30.1 Å². The van der Waals surface area contributed by atoms with Crippen LogP contribution < -0.4 is 5.32 Å². The van der Waals surface area contributed by atoms with Crippen LogP contribution in [0.1, 0.15) is 41.6 Å². The second kappa shape index (κ2) is 8.22. The number of nitrogens with zero attached hydrogens (tertiary/aromatic N) is 2. The van der Waals surface area contributed by atoms with E-state index in [-0.39, 0.29) is 11.9 Å². The van der Waals surface area contributed by atoms with E-state index in [2.05, 4.69) is 20.4 Å². The molecule has 1 aliphatic rings. The lowest BCUT2D eigenvalue weighted by molar-refractivity contribution is 0.0909. The first-order valence-corrected chi connectivity index (χ1v) is 9.48. The van der Waals surface area contributed by atoms with Crippen LogP contribution in [0, 0.1) is 0 Å². The summed E-state index contributed by atoms with van der Waals surface area (Å²) in [5, 5.41) is 10.1. The predicted octanol–water partition coefficient (Wildman–Crippen LogP) is 3.63. The van der Waals surface area contributed by atoms with Crippen LogP contribution in [-0.4, -0.2) is 40.6 Å². The number of aromatic amines is 1. The van der Waals surface area contributed by atoms with Crippen molar-refractivity contribution in [2.45, 2.75) is 25.3 Å². The van der Waals surface area contributed by atoms with Crippen LogP contribution in [-0.2, 0) is 0 Å². The molecule has 1 amide bonds. The van der Waals surface area contributed by atoms with Gasteiger partial charge >= 0.3 is 0 Å². The smallest absolute Gasteiger partial charge is 0.269 e. The maximum Gasteiger partial charge on any atom is 0.269 e. The van der Waals surface area contributed by atoms with Gasteiger partial charge in [-0.1, -0.05) is 36.8 Å². The van der Waals surface area contributed by atoms with Gasteiger partial charge in [-0.25, -0.2) is 0 Å². The first-order chi connectivity index (χ1) is 13.3. The molecule has 1 atom stereocenters. The average molecular weight is 364 g/mol. The van der Waals surface area contributed by atoms with Crippen LogP contribution >= 0.6 is 0 Å². The van der Waals surface area contributed by atoms with E-state index in [4.69, 9.17) is 4.42 Å². The molecular formula is C21H24N4O2. The highest BCUT2D eigenvalue weighted by atomic mass is 16.3. The Morgan fingerprint density at radius 2 is 1.96 bits per heavy atom. The number of rotatable bonds is 6. The van der Waals surface area contributed by atoms with Gasteiger partial charge in [0.1, 0.15) is 11.5 Å². The molecular weight excluding hydrogens is 340 g/mol. The number of hydrogen-bond donors (Lipinski definition) is 2. The van der Waals surface area contributed by atoms with Crippen molar-refractivity contribution in [2.75, 3.05) is 19.6 Å². The van der Waals surface area contributed by atoms with Gasteiger partial charge in [0.05, 0.1) is 18.0 Å². The van der Waals surface area contributed by atoms with Crippen LogP contribution in [0.15, 0.2) is 59.2 Å². The highest BCUT2D eigenvalue weighted by molar-refractivity contribution is 5.93. The second-order valence-corrected chi connectivity index (χ2v) is 6.87. The quantitative estimate of drug-likeness (QED) is 0.700. The van der Waals surface area contributed by atoms with Gasteiger partial charge in [-0.05, 0) is 44.1 Å². The fraction of sp³-hybridized carbons (Fsp3) is 0.333. The molecule has 2 N–H and O–H groups in total. The first kappa shape index (κ1) is 17.5. The lowest BCUT2D eigenvalue weighted by Gasteiger charge is -2.33. The summed E-state index contributed by atoms with van der Waals surface area (Å²) in [6.45, 7) is 2.57. The Morgan fingerprint density at radius 3 is 2.70 bits per heavy atom. The Bertz CT molecular complexity index is 851. The standard InChI is InChI=1S/C21H24N4O2/c26-21(18-14-17(23-24-18)16-8-3-1-4-9-16)22-15-19(20-10-7-13-27-20)25-11-5-2-6-12-25/h1,3-4,7-10,13-14,19H,2,5-6,11-12,15H2,(H,22,26)(H,23,24). The second-order valence-electron chi connectivity index (χ2n) is 6.87. The number of piperidine rings is 1. The van der Waals surface area contributed by atoms with Crippen LogP contribution in [0.25, 0.3) is 11.3 Å². The highest BCUT2D eigenvalue weighted by Crippen LogP contribution is 2.24. The van der Waals surface area contributed by atoms with Gasteiger partial charge in [0.15, 0.2) is 0 Å². The van der Waals surface area contributed by atoms with E-state index in [1.165, 1.54) is 19.3 Å². The van der Waals surface area contributed by atoms with Crippen molar-refractivity contribution < 1.29 is 9.21 Å². The van der Waals surface area contributed by atoms with Crippen LogP contribution in [0.4, 0.5) is 0 Å². The highest BCUT2D eigenvalue weighted by Gasteiger charge is 2.25. The summed E-state index contributed by atoms with van der Waals surface area (Å²) in [5.41, 5.74) is 2.21. The summed E-state index contributed by atoms with van der Waals surface area (Å²) in [7, 11) is 0. The zero-order valence-electron chi connectivity index (χ0n) is 15.2. The Kier molecular flexibility index (Phi) is 5.34. The normalized spacial score (nSPS) is 16.1. The van der Waals surface area contributed by atoms with Crippen molar-refractivity contribution in [3.63, 3.8) is 0 Å². The van der Waals surface area contributed by atoms with E-state index in [1.807, 2.05) is 42.5 Å². The molecule has 140 valence electrons. The van der Waals surface area contributed by atoms with Crippen molar-refractivity contribution in [1.29, 1.82) is 0 Å². The van der Waals surface area contributed by atoms with E-state index in [9.17, 15) is 4.79 Å². The minimum Gasteiger partial charge on any atom is -0.468 e. The Balaban J connectivity index is 1.43. The molecule has 0 aliphatic carbocycles. The third-order valence-electron chi connectivity index (χ3n) is 5.05. The van der Waals surface area contributed by atoms with Crippen molar-refractivity contribution in [3.05, 3.63) is 66.2 Å². The molecule has 6 heteroatoms. The molecule has 1 aromatic carbocycles. The van der Waals surface area contributed by atoms with Crippen molar-refractivity contribution >= 4 is 5.91 Å². The molecule has 0 spiro atoms. The molecule has 27 heavy (non-hydrogen) atoms. The zero-order valence-corrected chi connectivity index (χ0v) is 15.2. The summed E-state index contributed by atoms with van der Waals surface area (Å²) in [4.78, 5) is 15.0. The third-order valence-corrected chi connectivity index (χ3v) is 5.05. The molecule has 3 heterocycles. The van der Waals surface area contributed by atoms with Crippen molar-refractivity contribution in [2.24, 2.45) is 0 Å². The number of carbonyl (C=O) groups excluding carboxylic acids is 1. The fourth-order valence-electron chi connectivity index (χ4n) is 3.60. The van der Waals surface area contributed by atoms with Gasteiger partial charge in [0.2, 0.25) is 0 Å². The Labute approximate surface area is 158 Å². The predicted molar refractivity (Wildman–Crippen MR) is 103 cm³/mol. The molecule has 6 nitrogen and oxygen atoms in total. The van der Waals surface area contributed by atoms with E-state index < -0.39 is 0 Å². The number of aromatic nitrogens is 2. The largest absolute Gasteiger partial charge is 0.468 e. The summed E-state index contributed by atoms with van der Waals surface area (Å²) < 4.78 is 5.64. The van der Waals surface area contributed by atoms with Crippen LogP contribution in [0.2, 0.25) is 0 Å². The summed E-state index contributed by atoms with van der Waals surface area (Å²) in [6.07, 6.45) is 5.33. The number of H-pyrrole nitrogens is 1. The topological polar surface area (TPSA) is 74.2 Å². The minimum absolute atomic E-state index is 0.0563. The molecule has 0 radical (unpaired) electrons. The van der Waals surface area contributed by atoms with Gasteiger partial charge in [-0.3, -0.25) is 14.8 Å². The number of nitrogens with one attached hydrogen (secondary N) is 2. The van der Waals surface area contributed by atoms with E-state index in [0.29, 0.717) is 12.2 Å². The van der Waals surface area contributed by atoms with Gasteiger partial charge in [0, 0.05) is 12.1 Å². The van der Waals surface area contributed by atoms with Gasteiger partial charge < -0.3 is 9.73 Å². The minimum atomic E-state index is -0.154. The van der Waals surface area contributed by atoms with Gasteiger partial charge in [0.25, 0.3) is 5.91 Å². The van der Waals surface area contributed by atoms with Crippen molar-refractivity contribution in [1.82, 2.24) is 20.4 Å². The van der Waals surface area contributed by atoms with Crippen LogP contribution in [0.3, 0.4) is 0 Å². The monoisotopic (exact) mass is 364 g/mol. The van der Waals surface area contributed by atoms with E-state index >= 15 is 0 Å². The third kappa shape index (κ3) is 4.11. The molecule has 1 fully saturated rings. The SMILES string of the molecule is O=C(NCC(c1ccco1)N1CCCCC1)c1cc(-c2ccccc2)n[nH]1. The van der Waals surface area contributed by atoms with Crippen molar-refractivity contribution in [3.8, 4) is 11.3 Å². The molecule has 4 rings (SSSR count). The fourth-order valence-corrected chi connectivity index (χ4v) is 3.60. The van der Waals surface area contributed by atoms with Gasteiger partial charge in [-0.15, -0.1) is 0 Å². The lowest BCUT2D eigenvalue weighted by atomic mass is 10.1. The first-order valence-electron chi connectivity index (χ1n) is 9.48. The molecule has 1 aliphatic heterocycles. The Morgan fingerprint density at radius 1 is 1.15 bits per heavy atom. The molecule has 2 aromatic heterocycles. The number of furan rings is 1. The number of benzene rings is 1. The molecule has 1 saturated heterocycles. The average Bonchev–Trinajstić information content (AvgIpc) is 3.42.